The highest BCUT2D eigenvalue weighted by Crippen LogP contribution is 2.51. The second-order valence-electron chi connectivity index (χ2n) is 5.07. The summed E-state index contributed by atoms with van der Waals surface area (Å²) < 4.78 is 22.9. The number of carbonyl (C=O) groups excluding carboxylic acids is 1. The third-order valence-electron chi connectivity index (χ3n) is 3.26. The maximum Gasteiger partial charge on any atom is 0.335 e. The van der Waals surface area contributed by atoms with E-state index in [-0.39, 0.29) is 19.4 Å². The third kappa shape index (κ3) is 6.07. The number of hydrogen-bond donors (Lipinski definition) is 2. The van der Waals surface area contributed by atoms with Gasteiger partial charge in [-0.3, -0.25) is 9.36 Å². The van der Waals surface area contributed by atoms with Gasteiger partial charge in [-0.05, 0) is 38.0 Å². The van der Waals surface area contributed by atoms with Gasteiger partial charge in [-0.1, -0.05) is 19.1 Å². The Morgan fingerprint density at radius 1 is 1.12 bits per heavy atom. The molecular weight excluding hydrogens is 333 g/mol. The van der Waals surface area contributed by atoms with Crippen molar-refractivity contribution in [3.05, 3.63) is 35.4 Å². The Labute approximate surface area is 141 Å². The van der Waals surface area contributed by atoms with Crippen LogP contribution in [0.3, 0.4) is 0 Å². The zero-order valence-electron chi connectivity index (χ0n) is 14.2. The van der Waals surface area contributed by atoms with Crippen molar-refractivity contribution in [2.75, 3.05) is 13.2 Å². The third-order valence-corrected chi connectivity index (χ3v) is 5.31. The van der Waals surface area contributed by atoms with Gasteiger partial charge >= 0.3 is 13.6 Å². The molecule has 1 amide bonds. The number of benzene rings is 1. The molecular formula is C16H24NO6P. The van der Waals surface area contributed by atoms with Crippen LogP contribution in [0.15, 0.2) is 24.3 Å². The molecule has 1 aromatic rings. The van der Waals surface area contributed by atoms with E-state index >= 15 is 0 Å². The lowest BCUT2D eigenvalue weighted by Crippen LogP contribution is -2.40. The van der Waals surface area contributed by atoms with Gasteiger partial charge in [-0.25, -0.2) is 4.79 Å². The fraction of sp³-hybridized carbons (Fsp3) is 0.500. The Morgan fingerprint density at radius 2 is 1.67 bits per heavy atom. The molecule has 0 bridgehead atoms. The quantitative estimate of drug-likeness (QED) is 0.624. The summed E-state index contributed by atoms with van der Waals surface area (Å²) in [5, 5.41) is 11.4. The molecule has 1 rings (SSSR count). The SMILES string of the molecule is CCOP(=O)(Cc1ccc(C(=O)N[C@@H](CC)C(=O)O)cc1)OCC. The first-order chi connectivity index (χ1) is 11.3. The number of carbonyl (C=O) groups is 2. The van der Waals surface area contributed by atoms with E-state index in [2.05, 4.69) is 5.32 Å². The lowest BCUT2D eigenvalue weighted by Gasteiger charge is -2.17. The second kappa shape index (κ2) is 9.57. The Morgan fingerprint density at radius 3 is 2.08 bits per heavy atom. The van der Waals surface area contributed by atoms with Gasteiger partial charge in [0.15, 0.2) is 0 Å². The molecule has 0 fully saturated rings. The summed E-state index contributed by atoms with van der Waals surface area (Å²) >= 11 is 0. The molecule has 7 nitrogen and oxygen atoms in total. The van der Waals surface area contributed by atoms with Crippen LogP contribution in [0.25, 0.3) is 0 Å². The predicted octanol–water partition coefficient (Wildman–Crippen LogP) is 3.05. The molecule has 0 radical (unpaired) electrons. The molecule has 0 aliphatic carbocycles. The van der Waals surface area contributed by atoms with Gasteiger partial charge in [0.1, 0.15) is 6.04 Å². The van der Waals surface area contributed by atoms with E-state index in [1.54, 1.807) is 45.0 Å². The molecule has 0 heterocycles. The van der Waals surface area contributed by atoms with Gasteiger partial charge in [-0.2, -0.15) is 0 Å². The largest absolute Gasteiger partial charge is 0.480 e. The zero-order chi connectivity index (χ0) is 18.2. The van der Waals surface area contributed by atoms with Crippen LogP contribution < -0.4 is 5.32 Å². The fourth-order valence-corrected chi connectivity index (χ4v) is 3.79. The minimum Gasteiger partial charge on any atom is -0.480 e. The number of rotatable bonds is 10. The Kier molecular flexibility index (Phi) is 8.11. The van der Waals surface area contributed by atoms with E-state index in [1.165, 1.54) is 0 Å². The van der Waals surface area contributed by atoms with Gasteiger partial charge < -0.3 is 19.5 Å². The van der Waals surface area contributed by atoms with E-state index in [1.807, 2.05) is 0 Å². The molecule has 0 unspecified atom stereocenters. The minimum absolute atomic E-state index is 0.114. The van der Waals surface area contributed by atoms with Crippen LogP contribution in [0, 0.1) is 0 Å². The van der Waals surface area contributed by atoms with E-state index < -0.39 is 25.5 Å². The maximum atomic E-state index is 12.5. The van der Waals surface area contributed by atoms with E-state index in [0.717, 1.165) is 0 Å². The lowest BCUT2D eigenvalue weighted by atomic mass is 10.1. The van der Waals surface area contributed by atoms with Gasteiger partial charge in [-0.15, -0.1) is 0 Å². The van der Waals surface area contributed by atoms with Gasteiger partial charge in [0.25, 0.3) is 5.91 Å². The zero-order valence-corrected chi connectivity index (χ0v) is 15.0. The van der Waals surface area contributed by atoms with E-state index in [9.17, 15) is 14.2 Å². The van der Waals surface area contributed by atoms with Crippen LogP contribution in [0.2, 0.25) is 0 Å². The highest BCUT2D eigenvalue weighted by Gasteiger charge is 2.24. The molecule has 2 N–H and O–H groups in total. The minimum atomic E-state index is -3.20. The topological polar surface area (TPSA) is 102 Å². The average Bonchev–Trinajstić information content (AvgIpc) is 2.53. The summed E-state index contributed by atoms with van der Waals surface area (Å²) in [4.78, 5) is 23.0. The summed E-state index contributed by atoms with van der Waals surface area (Å²) in [7, 11) is -3.20. The van der Waals surface area contributed by atoms with Crippen LogP contribution in [-0.2, 0) is 24.6 Å². The van der Waals surface area contributed by atoms with Crippen LogP contribution in [-0.4, -0.2) is 36.2 Å². The van der Waals surface area contributed by atoms with E-state index in [4.69, 9.17) is 14.2 Å². The highest BCUT2D eigenvalue weighted by molar-refractivity contribution is 7.53. The molecule has 0 aliphatic rings. The molecule has 0 spiro atoms. The van der Waals surface area contributed by atoms with Gasteiger partial charge in [0.05, 0.1) is 19.4 Å². The monoisotopic (exact) mass is 357 g/mol. The molecule has 24 heavy (non-hydrogen) atoms. The summed E-state index contributed by atoms with van der Waals surface area (Å²) in [6.07, 6.45) is 0.411. The first-order valence-electron chi connectivity index (χ1n) is 7.85. The molecule has 134 valence electrons. The van der Waals surface area contributed by atoms with Crippen molar-refractivity contribution < 1.29 is 28.3 Å². The molecule has 8 heteroatoms. The van der Waals surface area contributed by atoms with Crippen molar-refractivity contribution >= 4 is 19.5 Å². The van der Waals surface area contributed by atoms with E-state index in [0.29, 0.717) is 17.5 Å². The van der Waals surface area contributed by atoms with Crippen LogP contribution in [0.4, 0.5) is 0 Å². The number of hydrogen-bond acceptors (Lipinski definition) is 5. The van der Waals surface area contributed by atoms with Crippen molar-refractivity contribution in [2.24, 2.45) is 0 Å². The van der Waals surface area contributed by atoms with Crippen molar-refractivity contribution in [3.8, 4) is 0 Å². The number of nitrogens with one attached hydrogen (secondary N) is 1. The molecule has 0 aromatic heterocycles. The molecule has 1 aromatic carbocycles. The Hall–Kier alpha value is -1.69. The smallest absolute Gasteiger partial charge is 0.335 e. The standard InChI is InChI=1S/C16H24NO6P/c1-4-14(16(19)20)17-15(18)13-9-7-12(8-10-13)11-24(21,22-5-2)23-6-3/h7-10,14H,4-6,11H2,1-3H3,(H,17,18)(H,19,20)/t14-/m0/s1. The fourth-order valence-electron chi connectivity index (χ4n) is 2.09. The Bertz CT molecular complexity index is 591. The van der Waals surface area contributed by atoms with Crippen molar-refractivity contribution in [2.45, 2.75) is 39.4 Å². The maximum absolute atomic E-state index is 12.5. The summed E-state index contributed by atoms with van der Waals surface area (Å²) in [6, 6.07) is 5.50. The summed E-state index contributed by atoms with van der Waals surface area (Å²) in [5.41, 5.74) is 1.04. The van der Waals surface area contributed by atoms with Crippen molar-refractivity contribution in [1.82, 2.24) is 5.32 Å². The van der Waals surface area contributed by atoms with Crippen LogP contribution >= 0.6 is 7.60 Å². The first kappa shape index (κ1) is 20.4. The van der Waals surface area contributed by atoms with Crippen LogP contribution in [0.1, 0.15) is 43.1 Å². The predicted molar refractivity (Wildman–Crippen MR) is 90.2 cm³/mol. The number of carboxylic acids is 1. The summed E-state index contributed by atoms with van der Waals surface area (Å²) in [6.45, 7) is 5.73. The molecule has 0 saturated carbocycles. The van der Waals surface area contributed by atoms with Crippen LogP contribution in [0.5, 0.6) is 0 Å². The summed E-state index contributed by atoms with van der Waals surface area (Å²) in [5.74, 6) is -1.54. The normalized spacial score (nSPS) is 12.6. The number of amides is 1. The van der Waals surface area contributed by atoms with Gasteiger partial charge in [0.2, 0.25) is 0 Å². The highest BCUT2D eigenvalue weighted by atomic mass is 31.2. The van der Waals surface area contributed by atoms with Gasteiger partial charge in [0, 0.05) is 5.56 Å². The lowest BCUT2D eigenvalue weighted by molar-refractivity contribution is -0.139. The molecule has 0 aliphatic heterocycles. The van der Waals surface area contributed by atoms with Crippen molar-refractivity contribution in [3.63, 3.8) is 0 Å². The second-order valence-corrected chi connectivity index (χ2v) is 7.13. The van der Waals surface area contributed by atoms with Crippen molar-refractivity contribution in [1.29, 1.82) is 0 Å². The Balaban J connectivity index is 2.79. The molecule has 1 atom stereocenters. The number of aliphatic carboxylic acids is 1. The number of carboxylic acid groups (broad SMARTS) is 1. The average molecular weight is 357 g/mol. The molecule has 0 saturated heterocycles. The first-order valence-corrected chi connectivity index (χ1v) is 9.58.